The van der Waals surface area contributed by atoms with Gasteiger partial charge in [-0.25, -0.2) is 4.39 Å². The van der Waals surface area contributed by atoms with E-state index < -0.39 is 5.67 Å². The number of benzene rings is 1. The Morgan fingerprint density at radius 2 is 2.11 bits per heavy atom. The molecule has 2 aliphatic rings. The van der Waals surface area contributed by atoms with E-state index in [0.717, 1.165) is 35.4 Å². The Morgan fingerprint density at radius 3 is 2.85 bits per heavy atom. The van der Waals surface area contributed by atoms with Gasteiger partial charge in [0.2, 0.25) is 0 Å². The maximum absolute atomic E-state index is 15.9. The van der Waals surface area contributed by atoms with Crippen LogP contribution < -0.4 is 0 Å². The van der Waals surface area contributed by atoms with Crippen molar-refractivity contribution < 1.29 is 4.39 Å². The van der Waals surface area contributed by atoms with Gasteiger partial charge in [0.05, 0.1) is 6.54 Å². The molecule has 3 heterocycles. The Labute approximate surface area is 165 Å². The lowest BCUT2D eigenvalue weighted by molar-refractivity contribution is 0.210. The highest BCUT2D eigenvalue weighted by Crippen LogP contribution is 2.36. The zero-order valence-electron chi connectivity index (χ0n) is 16.5. The van der Waals surface area contributed by atoms with E-state index >= 15 is 4.39 Å². The van der Waals surface area contributed by atoms with Gasteiger partial charge in [-0.15, -0.1) is 0 Å². The largest absolute Gasteiger partial charge is 0.341 e. The summed E-state index contributed by atoms with van der Waals surface area (Å²) in [7, 11) is 2.13. The standard InChI is InChI=1S/C22H27ClFN3/c1-21(2)10-15(11-25-13-21)22(3,24)14-27-19-6-5-16(23)9-17(19)18-12-26(4)8-7-20(18)27/h5-6,9-11H,7-8,12-14H2,1-4H3. The molecule has 1 unspecified atom stereocenters. The number of hydrogen-bond donors (Lipinski definition) is 0. The molecule has 3 nitrogen and oxygen atoms in total. The van der Waals surface area contributed by atoms with E-state index in [2.05, 4.69) is 35.4 Å². The summed E-state index contributed by atoms with van der Waals surface area (Å²) < 4.78 is 18.1. The Bertz CT molecular complexity index is 952. The fourth-order valence-electron chi connectivity index (χ4n) is 4.29. The summed E-state index contributed by atoms with van der Waals surface area (Å²) in [5.74, 6) is 0. The molecule has 0 N–H and O–H groups in total. The van der Waals surface area contributed by atoms with Gasteiger partial charge in [-0.2, -0.15) is 0 Å². The van der Waals surface area contributed by atoms with Gasteiger partial charge in [0.25, 0.3) is 0 Å². The fraction of sp³-hybridized carbons (Fsp3) is 0.500. The summed E-state index contributed by atoms with van der Waals surface area (Å²) in [6.45, 7) is 8.73. The van der Waals surface area contributed by atoms with Crippen LogP contribution in [0.25, 0.3) is 10.9 Å². The SMILES string of the molecule is CN1CCc2c(c3cc(Cl)ccc3n2CC(C)(F)C2=CC(C)(C)CN=C2)C1. The van der Waals surface area contributed by atoms with E-state index in [9.17, 15) is 0 Å². The van der Waals surface area contributed by atoms with Gasteiger partial charge in [0.1, 0.15) is 0 Å². The van der Waals surface area contributed by atoms with Crippen LogP contribution in [0.5, 0.6) is 0 Å². The summed E-state index contributed by atoms with van der Waals surface area (Å²) in [5.41, 5.74) is 2.67. The van der Waals surface area contributed by atoms with Crippen molar-refractivity contribution in [1.82, 2.24) is 9.47 Å². The molecule has 27 heavy (non-hydrogen) atoms. The highest BCUT2D eigenvalue weighted by Gasteiger charge is 2.34. The number of dihydropyridines is 1. The van der Waals surface area contributed by atoms with E-state index in [1.807, 2.05) is 24.3 Å². The molecule has 2 aromatic rings. The van der Waals surface area contributed by atoms with Gasteiger partial charge < -0.3 is 9.47 Å². The minimum absolute atomic E-state index is 0.105. The Morgan fingerprint density at radius 1 is 1.33 bits per heavy atom. The molecule has 0 amide bonds. The average Bonchev–Trinajstić information content (AvgIpc) is 2.86. The van der Waals surface area contributed by atoms with Crippen LogP contribution in [0.15, 0.2) is 34.8 Å². The number of nitrogens with zero attached hydrogens (tertiary/aromatic N) is 3. The van der Waals surface area contributed by atoms with Gasteiger partial charge in [0.15, 0.2) is 5.67 Å². The predicted molar refractivity (Wildman–Crippen MR) is 112 cm³/mol. The van der Waals surface area contributed by atoms with Gasteiger partial charge >= 0.3 is 0 Å². The third kappa shape index (κ3) is 3.45. The highest BCUT2D eigenvalue weighted by molar-refractivity contribution is 6.31. The number of likely N-dealkylation sites (N-methyl/N-ethyl adjacent to an activating group) is 1. The molecule has 2 aliphatic heterocycles. The second-order valence-electron chi connectivity index (χ2n) is 8.92. The molecule has 1 aromatic heterocycles. The van der Waals surface area contributed by atoms with Crippen LogP contribution in [0.4, 0.5) is 4.39 Å². The van der Waals surface area contributed by atoms with Gasteiger partial charge in [-0.05, 0) is 37.7 Å². The molecular weight excluding hydrogens is 361 g/mol. The van der Waals surface area contributed by atoms with E-state index in [1.165, 1.54) is 11.3 Å². The highest BCUT2D eigenvalue weighted by atomic mass is 35.5. The third-order valence-corrected chi connectivity index (χ3v) is 5.97. The molecule has 1 aromatic carbocycles. The summed E-state index contributed by atoms with van der Waals surface area (Å²) in [4.78, 5) is 6.72. The van der Waals surface area contributed by atoms with Crippen LogP contribution in [0.1, 0.15) is 32.0 Å². The van der Waals surface area contributed by atoms with Crippen molar-refractivity contribution >= 4 is 28.7 Å². The quantitative estimate of drug-likeness (QED) is 0.721. The van der Waals surface area contributed by atoms with Crippen LogP contribution in [-0.4, -0.2) is 41.5 Å². The van der Waals surface area contributed by atoms with Gasteiger partial charge in [0, 0.05) is 64.9 Å². The zero-order valence-corrected chi connectivity index (χ0v) is 17.3. The van der Waals surface area contributed by atoms with E-state index in [-0.39, 0.29) is 12.0 Å². The van der Waals surface area contributed by atoms with Gasteiger partial charge in [-0.3, -0.25) is 4.99 Å². The molecule has 0 radical (unpaired) electrons. The Kier molecular flexibility index (Phi) is 4.47. The Balaban J connectivity index is 1.80. The number of hydrogen-bond acceptors (Lipinski definition) is 2. The smallest absolute Gasteiger partial charge is 0.152 e. The first-order valence-electron chi connectivity index (χ1n) is 9.56. The number of fused-ring (bicyclic) bond motifs is 3. The van der Waals surface area contributed by atoms with Crippen molar-refractivity contribution in [2.45, 2.75) is 46.0 Å². The van der Waals surface area contributed by atoms with Gasteiger partial charge in [-0.1, -0.05) is 31.5 Å². The maximum Gasteiger partial charge on any atom is 0.152 e. The molecule has 0 spiro atoms. The number of allylic oxidation sites excluding steroid dienone is 1. The maximum atomic E-state index is 15.9. The third-order valence-electron chi connectivity index (χ3n) is 5.74. The average molecular weight is 388 g/mol. The van der Waals surface area contributed by atoms with Crippen molar-refractivity contribution in [2.75, 3.05) is 20.1 Å². The first-order chi connectivity index (χ1) is 12.7. The monoisotopic (exact) mass is 387 g/mol. The fourth-order valence-corrected chi connectivity index (χ4v) is 4.47. The number of alkyl halides is 1. The summed E-state index contributed by atoms with van der Waals surface area (Å²) >= 11 is 6.27. The van der Waals surface area contributed by atoms with Crippen LogP contribution in [-0.2, 0) is 19.5 Å². The predicted octanol–water partition coefficient (Wildman–Crippen LogP) is 5.05. The molecular formula is C22H27ClFN3. The van der Waals surface area contributed by atoms with Crippen molar-refractivity contribution in [3.05, 3.63) is 46.1 Å². The summed E-state index contributed by atoms with van der Waals surface area (Å²) in [6, 6.07) is 5.94. The molecule has 1 atom stereocenters. The van der Waals surface area contributed by atoms with E-state index in [4.69, 9.17) is 11.6 Å². The van der Waals surface area contributed by atoms with Crippen molar-refractivity contribution in [3.8, 4) is 0 Å². The normalized spacial score (nSPS) is 21.8. The molecule has 144 valence electrons. The lowest BCUT2D eigenvalue weighted by Crippen LogP contribution is -2.34. The zero-order chi connectivity index (χ0) is 19.4. The molecule has 0 aliphatic carbocycles. The minimum Gasteiger partial charge on any atom is -0.341 e. The molecule has 4 rings (SSSR count). The van der Waals surface area contributed by atoms with Crippen molar-refractivity contribution in [3.63, 3.8) is 0 Å². The second kappa shape index (κ2) is 6.46. The van der Waals surface area contributed by atoms with Crippen LogP contribution >= 0.6 is 11.6 Å². The topological polar surface area (TPSA) is 20.5 Å². The molecule has 0 fully saturated rings. The van der Waals surface area contributed by atoms with Crippen LogP contribution in [0, 0.1) is 5.41 Å². The van der Waals surface area contributed by atoms with Crippen molar-refractivity contribution in [2.24, 2.45) is 10.4 Å². The van der Waals surface area contributed by atoms with Crippen LogP contribution in [0.3, 0.4) is 0 Å². The lowest BCUT2D eigenvalue weighted by Gasteiger charge is -2.31. The molecule has 0 bridgehead atoms. The number of halogens is 2. The first kappa shape index (κ1) is 18.7. The first-order valence-corrected chi connectivity index (χ1v) is 9.94. The number of aliphatic imine (C=N–C) groups is 1. The number of rotatable bonds is 3. The van der Waals surface area contributed by atoms with E-state index in [1.54, 1.807) is 13.1 Å². The van der Waals surface area contributed by atoms with E-state index in [0.29, 0.717) is 12.1 Å². The van der Waals surface area contributed by atoms with Crippen LogP contribution in [0.2, 0.25) is 5.02 Å². The Hall–Kier alpha value is -1.65. The summed E-state index contributed by atoms with van der Waals surface area (Å²) in [6.07, 6.45) is 4.68. The lowest BCUT2D eigenvalue weighted by atomic mass is 9.84. The second-order valence-corrected chi connectivity index (χ2v) is 9.35. The minimum atomic E-state index is -1.48. The molecule has 0 saturated carbocycles. The number of aromatic nitrogens is 1. The summed E-state index contributed by atoms with van der Waals surface area (Å²) in [5, 5.41) is 1.87. The molecule has 5 heteroatoms. The molecule has 0 saturated heterocycles. The van der Waals surface area contributed by atoms with Crippen molar-refractivity contribution in [1.29, 1.82) is 0 Å².